The largest absolute Gasteiger partial charge is 0.494 e. The molecule has 0 aliphatic rings. The minimum atomic E-state index is 0.682. The minimum absolute atomic E-state index is 0.682. The van der Waals surface area contributed by atoms with Crippen LogP contribution in [0.4, 0.5) is 5.82 Å². The molecule has 1 aromatic heterocycles. The maximum atomic E-state index is 5.44. The fourth-order valence-electron chi connectivity index (χ4n) is 1.50. The van der Waals surface area contributed by atoms with Crippen molar-refractivity contribution < 1.29 is 4.74 Å². The lowest BCUT2D eigenvalue weighted by atomic mass is 10.2. The zero-order chi connectivity index (χ0) is 11.9. The molecule has 2 rings (SSSR count). The number of nitrogens with zero attached hydrogens (tertiary/aromatic N) is 2. The number of benzene rings is 1. The second kappa shape index (κ2) is 5.84. The lowest BCUT2D eigenvalue weighted by Crippen LogP contribution is -2.02. The van der Waals surface area contributed by atoms with E-state index in [2.05, 4.69) is 15.5 Å². The molecule has 0 saturated carbocycles. The van der Waals surface area contributed by atoms with Crippen LogP contribution < -0.4 is 10.1 Å². The molecule has 0 unspecified atom stereocenters. The summed E-state index contributed by atoms with van der Waals surface area (Å²) >= 11 is 0. The number of aromatic nitrogens is 2. The van der Waals surface area contributed by atoms with Crippen LogP contribution in [0.25, 0.3) is 0 Å². The fourth-order valence-corrected chi connectivity index (χ4v) is 1.50. The van der Waals surface area contributed by atoms with E-state index >= 15 is 0 Å². The molecule has 0 spiro atoms. The number of hydrogen-bond donors (Lipinski definition) is 1. The summed E-state index contributed by atoms with van der Waals surface area (Å²) in [5.74, 6) is 1.67. The molecule has 0 radical (unpaired) electrons. The molecule has 1 aromatic carbocycles. The first kappa shape index (κ1) is 11.4. The molecule has 88 valence electrons. The first-order valence-corrected chi connectivity index (χ1v) is 5.62. The molecule has 0 saturated heterocycles. The SMILES string of the molecule is CCOc1cccc(CNc2cccnn2)c1. The molecule has 0 fully saturated rings. The Morgan fingerprint density at radius 2 is 2.18 bits per heavy atom. The molecular weight excluding hydrogens is 214 g/mol. The zero-order valence-electron chi connectivity index (χ0n) is 9.76. The van der Waals surface area contributed by atoms with E-state index in [0.29, 0.717) is 13.2 Å². The lowest BCUT2D eigenvalue weighted by molar-refractivity contribution is 0.340. The van der Waals surface area contributed by atoms with Crippen molar-refractivity contribution in [3.63, 3.8) is 0 Å². The van der Waals surface area contributed by atoms with Gasteiger partial charge in [0.15, 0.2) is 0 Å². The van der Waals surface area contributed by atoms with E-state index < -0.39 is 0 Å². The zero-order valence-corrected chi connectivity index (χ0v) is 9.76. The monoisotopic (exact) mass is 229 g/mol. The third-order valence-corrected chi connectivity index (χ3v) is 2.26. The average Bonchev–Trinajstić information content (AvgIpc) is 2.39. The number of rotatable bonds is 5. The van der Waals surface area contributed by atoms with E-state index in [4.69, 9.17) is 4.74 Å². The van der Waals surface area contributed by atoms with E-state index in [-0.39, 0.29) is 0 Å². The van der Waals surface area contributed by atoms with Gasteiger partial charge in [0.1, 0.15) is 11.6 Å². The molecule has 0 aliphatic heterocycles. The van der Waals surface area contributed by atoms with E-state index in [0.717, 1.165) is 17.1 Å². The van der Waals surface area contributed by atoms with E-state index in [9.17, 15) is 0 Å². The first-order valence-electron chi connectivity index (χ1n) is 5.62. The predicted octanol–water partition coefficient (Wildman–Crippen LogP) is 2.49. The second-order valence-corrected chi connectivity index (χ2v) is 3.54. The van der Waals surface area contributed by atoms with Gasteiger partial charge >= 0.3 is 0 Å². The Kier molecular flexibility index (Phi) is 3.91. The van der Waals surface area contributed by atoms with Crippen molar-refractivity contribution in [3.8, 4) is 5.75 Å². The van der Waals surface area contributed by atoms with Crippen molar-refractivity contribution >= 4 is 5.82 Å². The van der Waals surface area contributed by atoms with Gasteiger partial charge < -0.3 is 10.1 Å². The Hall–Kier alpha value is -2.10. The molecule has 1 heterocycles. The summed E-state index contributed by atoms with van der Waals surface area (Å²) in [4.78, 5) is 0. The van der Waals surface area contributed by atoms with Crippen molar-refractivity contribution in [2.75, 3.05) is 11.9 Å². The van der Waals surface area contributed by atoms with Gasteiger partial charge in [-0.05, 0) is 36.8 Å². The fraction of sp³-hybridized carbons (Fsp3) is 0.231. The van der Waals surface area contributed by atoms with Gasteiger partial charge in [0.05, 0.1) is 6.61 Å². The van der Waals surface area contributed by atoms with Gasteiger partial charge in [-0.2, -0.15) is 5.10 Å². The highest BCUT2D eigenvalue weighted by atomic mass is 16.5. The Balaban J connectivity index is 1.97. The van der Waals surface area contributed by atoms with Crippen LogP contribution in [0.5, 0.6) is 5.75 Å². The third kappa shape index (κ3) is 3.45. The number of hydrogen-bond acceptors (Lipinski definition) is 4. The lowest BCUT2D eigenvalue weighted by Gasteiger charge is -2.07. The Morgan fingerprint density at radius 3 is 2.94 bits per heavy atom. The second-order valence-electron chi connectivity index (χ2n) is 3.54. The maximum absolute atomic E-state index is 5.44. The normalized spacial score (nSPS) is 9.94. The van der Waals surface area contributed by atoms with Gasteiger partial charge in [-0.3, -0.25) is 0 Å². The Labute approximate surface area is 101 Å². The van der Waals surface area contributed by atoms with Crippen LogP contribution in [0.2, 0.25) is 0 Å². The Morgan fingerprint density at radius 1 is 1.24 bits per heavy atom. The Bertz CT molecular complexity index is 459. The quantitative estimate of drug-likeness (QED) is 0.855. The maximum Gasteiger partial charge on any atom is 0.148 e. The highest BCUT2D eigenvalue weighted by Crippen LogP contribution is 2.14. The molecule has 0 atom stereocenters. The molecule has 0 amide bonds. The van der Waals surface area contributed by atoms with Gasteiger partial charge in [-0.25, -0.2) is 0 Å². The van der Waals surface area contributed by atoms with Crippen LogP contribution in [-0.4, -0.2) is 16.8 Å². The number of anilines is 1. The van der Waals surface area contributed by atoms with E-state index in [1.54, 1.807) is 6.20 Å². The van der Waals surface area contributed by atoms with Crippen molar-refractivity contribution in [3.05, 3.63) is 48.2 Å². The molecular formula is C13H15N3O. The summed E-state index contributed by atoms with van der Waals surface area (Å²) < 4.78 is 5.44. The molecule has 4 heteroatoms. The number of nitrogens with one attached hydrogen (secondary N) is 1. The summed E-state index contributed by atoms with van der Waals surface area (Å²) in [5.41, 5.74) is 1.15. The van der Waals surface area contributed by atoms with Gasteiger partial charge in [0.25, 0.3) is 0 Å². The average molecular weight is 229 g/mol. The van der Waals surface area contributed by atoms with Crippen LogP contribution >= 0.6 is 0 Å². The minimum Gasteiger partial charge on any atom is -0.494 e. The van der Waals surface area contributed by atoms with Crippen molar-refractivity contribution in [2.45, 2.75) is 13.5 Å². The van der Waals surface area contributed by atoms with Crippen LogP contribution in [-0.2, 0) is 6.54 Å². The topological polar surface area (TPSA) is 47.0 Å². The van der Waals surface area contributed by atoms with Crippen LogP contribution in [0.3, 0.4) is 0 Å². The van der Waals surface area contributed by atoms with Gasteiger partial charge in [-0.1, -0.05) is 12.1 Å². The smallest absolute Gasteiger partial charge is 0.148 e. The number of ether oxygens (including phenoxy) is 1. The molecule has 17 heavy (non-hydrogen) atoms. The van der Waals surface area contributed by atoms with Crippen LogP contribution in [0.1, 0.15) is 12.5 Å². The molecule has 0 bridgehead atoms. The summed E-state index contributed by atoms with van der Waals surface area (Å²) in [6.07, 6.45) is 1.65. The van der Waals surface area contributed by atoms with Crippen molar-refractivity contribution in [2.24, 2.45) is 0 Å². The first-order chi connectivity index (χ1) is 8.38. The van der Waals surface area contributed by atoms with E-state index in [1.165, 1.54) is 0 Å². The third-order valence-electron chi connectivity index (χ3n) is 2.26. The summed E-state index contributed by atoms with van der Waals surface area (Å²) in [5, 5.41) is 11.0. The summed E-state index contributed by atoms with van der Waals surface area (Å²) in [6, 6.07) is 11.7. The standard InChI is InChI=1S/C13H15N3O/c1-2-17-12-6-3-5-11(9-12)10-14-13-7-4-8-15-16-13/h3-9H,2,10H2,1H3,(H,14,16). The molecule has 1 N–H and O–H groups in total. The molecule has 4 nitrogen and oxygen atoms in total. The van der Waals surface area contributed by atoms with Gasteiger partial charge in [0, 0.05) is 12.7 Å². The van der Waals surface area contributed by atoms with Crippen LogP contribution in [0.15, 0.2) is 42.6 Å². The van der Waals surface area contributed by atoms with Crippen molar-refractivity contribution in [1.29, 1.82) is 0 Å². The predicted molar refractivity (Wildman–Crippen MR) is 67.0 cm³/mol. The highest BCUT2D eigenvalue weighted by Gasteiger charge is 1.97. The van der Waals surface area contributed by atoms with Crippen LogP contribution in [0, 0.1) is 0 Å². The molecule has 0 aliphatic carbocycles. The highest BCUT2D eigenvalue weighted by molar-refractivity contribution is 5.35. The van der Waals surface area contributed by atoms with E-state index in [1.807, 2.05) is 43.3 Å². The summed E-state index contributed by atoms with van der Waals surface area (Å²) in [6.45, 7) is 3.37. The summed E-state index contributed by atoms with van der Waals surface area (Å²) in [7, 11) is 0. The van der Waals surface area contributed by atoms with Gasteiger partial charge in [-0.15, -0.1) is 5.10 Å². The molecule has 2 aromatic rings. The van der Waals surface area contributed by atoms with Gasteiger partial charge in [0.2, 0.25) is 0 Å². The van der Waals surface area contributed by atoms with Crippen molar-refractivity contribution in [1.82, 2.24) is 10.2 Å².